The predicted molar refractivity (Wildman–Crippen MR) is 138 cm³/mol. The zero-order valence-corrected chi connectivity index (χ0v) is 21.4. The number of alkyl carbamates (subject to hydrolysis) is 1. The standard InChI is InChI=1S/C27H36N4O6/c1-27(2,3)37-26(36)31-20(14-18-10-6-4-7-11-18)24(34)22(32)16-29-21(25(35)30-17-23(28)33)15-19-12-8-5-9-13-19/h4-13,20-22,29,32H,14-17H2,1-3H3,(H2,28,33)(H,30,35)(H,31,36)/t20-,21-,22?/m0/s1. The second-order valence-corrected chi connectivity index (χ2v) is 9.64. The number of Topliss-reactive ketones (excluding diaryl/α,β-unsaturated/α-hetero) is 1. The van der Waals surface area contributed by atoms with Crippen molar-refractivity contribution >= 4 is 23.7 Å². The van der Waals surface area contributed by atoms with Gasteiger partial charge in [-0.3, -0.25) is 14.4 Å². The Labute approximate surface area is 217 Å². The number of aliphatic hydroxyl groups is 1. The fraction of sp³-hybridized carbons (Fsp3) is 0.407. The molecule has 2 aromatic rings. The van der Waals surface area contributed by atoms with Crippen LogP contribution in [-0.2, 0) is 32.0 Å². The van der Waals surface area contributed by atoms with Crippen molar-refractivity contribution in [2.24, 2.45) is 5.73 Å². The molecule has 2 rings (SSSR count). The lowest BCUT2D eigenvalue weighted by Crippen LogP contribution is -2.53. The number of carbonyl (C=O) groups is 4. The topological polar surface area (TPSA) is 160 Å². The quantitative estimate of drug-likeness (QED) is 0.266. The largest absolute Gasteiger partial charge is 0.444 e. The van der Waals surface area contributed by atoms with E-state index in [-0.39, 0.29) is 25.9 Å². The number of primary amides is 1. The van der Waals surface area contributed by atoms with Crippen LogP contribution in [0.4, 0.5) is 4.79 Å². The molecule has 2 aromatic carbocycles. The first-order valence-corrected chi connectivity index (χ1v) is 12.0. The zero-order chi connectivity index (χ0) is 27.4. The molecule has 0 aromatic heterocycles. The number of amides is 3. The van der Waals surface area contributed by atoms with Crippen LogP contribution in [0.3, 0.4) is 0 Å². The molecular weight excluding hydrogens is 476 g/mol. The van der Waals surface area contributed by atoms with Gasteiger partial charge < -0.3 is 31.5 Å². The van der Waals surface area contributed by atoms with Gasteiger partial charge in [0.15, 0.2) is 5.78 Å². The van der Waals surface area contributed by atoms with E-state index in [2.05, 4.69) is 16.0 Å². The van der Waals surface area contributed by atoms with Gasteiger partial charge in [-0.05, 0) is 44.7 Å². The van der Waals surface area contributed by atoms with Gasteiger partial charge in [-0.25, -0.2) is 4.79 Å². The minimum atomic E-state index is -1.54. The Morgan fingerprint density at radius 1 is 0.892 bits per heavy atom. The summed E-state index contributed by atoms with van der Waals surface area (Å²) in [6.45, 7) is 4.51. The van der Waals surface area contributed by atoms with Crippen LogP contribution >= 0.6 is 0 Å². The van der Waals surface area contributed by atoms with Crippen LogP contribution in [0, 0.1) is 0 Å². The molecular formula is C27H36N4O6. The molecule has 0 aliphatic heterocycles. The molecule has 0 saturated heterocycles. The summed E-state index contributed by atoms with van der Waals surface area (Å²) in [4.78, 5) is 49.3. The summed E-state index contributed by atoms with van der Waals surface area (Å²) >= 11 is 0. The summed E-state index contributed by atoms with van der Waals surface area (Å²) in [6.07, 6.45) is -1.93. The second-order valence-electron chi connectivity index (χ2n) is 9.64. The first-order chi connectivity index (χ1) is 17.4. The van der Waals surface area contributed by atoms with Crippen LogP contribution in [0.1, 0.15) is 31.9 Å². The van der Waals surface area contributed by atoms with Gasteiger partial charge in [-0.1, -0.05) is 60.7 Å². The van der Waals surface area contributed by atoms with Gasteiger partial charge in [-0.15, -0.1) is 0 Å². The van der Waals surface area contributed by atoms with E-state index >= 15 is 0 Å². The Morgan fingerprint density at radius 3 is 1.89 bits per heavy atom. The molecule has 37 heavy (non-hydrogen) atoms. The number of ether oxygens (including phenoxy) is 1. The number of nitrogens with one attached hydrogen (secondary N) is 3. The maximum Gasteiger partial charge on any atom is 0.408 e. The summed E-state index contributed by atoms with van der Waals surface area (Å²) in [5, 5.41) is 18.6. The third-order valence-electron chi connectivity index (χ3n) is 5.24. The fourth-order valence-corrected chi connectivity index (χ4v) is 3.51. The van der Waals surface area contributed by atoms with E-state index in [1.165, 1.54) is 0 Å². The Balaban J connectivity index is 2.12. The number of hydrogen-bond acceptors (Lipinski definition) is 7. The van der Waals surface area contributed by atoms with Crippen LogP contribution in [0.15, 0.2) is 60.7 Å². The minimum absolute atomic E-state index is 0.141. The maximum absolute atomic E-state index is 13.2. The first kappa shape index (κ1) is 29.5. The molecule has 0 saturated carbocycles. The Morgan fingerprint density at radius 2 is 1.41 bits per heavy atom. The molecule has 0 radical (unpaired) electrons. The van der Waals surface area contributed by atoms with Crippen molar-refractivity contribution < 1.29 is 29.0 Å². The summed E-state index contributed by atoms with van der Waals surface area (Å²) in [5.74, 6) is -1.84. The highest BCUT2D eigenvalue weighted by Crippen LogP contribution is 2.10. The van der Waals surface area contributed by atoms with Gasteiger partial charge in [0.1, 0.15) is 11.7 Å². The molecule has 3 amide bonds. The van der Waals surface area contributed by atoms with Gasteiger partial charge >= 0.3 is 6.09 Å². The number of hydrogen-bond donors (Lipinski definition) is 5. The highest BCUT2D eigenvalue weighted by Gasteiger charge is 2.30. The number of benzene rings is 2. The molecule has 0 fully saturated rings. The molecule has 0 bridgehead atoms. The summed E-state index contributed by atoms with van der Waals surface area (Å²) < 4.78 is 5.29. The van der Waals surface area contributed by atoms with Gasteiger partial charge in [-0.2, -0.15) is 0 Å². The number of nitrogens with two attached hydrogens (primary N) is 1. The van der Waals surface area contributed by atoms with Crippen molar-refractivity contribution in [2.75, 3.05) is 13.1 Å². The molecule has 200 valence electrons. The van der Waals surface area contributed by atoms with Crippen molar-refractivity contribution in [1.29, 1.82) is 0 Å². The van der Waals surface area contributed by atoms with Crippen molar-refractivity contribution in [2.45, 2.75) is 57.4 Å². The van der Waals surface area contributed by atoms with E-state index in [0.29, 0.717) is 0 Å². The number of aliphatic hydroxyl groups excluding tert-OH is 1. The number of ketones is 1. The Bertz CT molecular complexity index is 1040. The summed E-state index contributed by atoms with van der Waals surface area (Å²) in [6, 6.07) is 16.3. The molecule has 6 N–H and O–H groups in total. The Kier molecular flexibility index (Phi) is 11.2. The SMILES string of the molecule is CC(C)(C)OC(=O)N[C@@H](Cc1ccccc1)C(=O)C(O)CN[C@@H](Cc1ccccc1)C(=O)NCC(N)=O. The minimum Gasteiger partial charge on any atom is -0.444 e. The molecule has 0 spiro atoms. The van der Waals surface area contributed by atoms with E-state index < -0.39 is 47.5 Å². The third kappa shape index (κ3) is 11.2. The van der Waals surface area contributed by atoms with Crippen LogP contribution in [0.5, 0.6) is 0 Å². The van der Waals surface area contributed by atoms with E-state index in [0.717, 1.165) is 11.1 Å². The molecule has 0 heterocycles. The number of carbonyl (C=O) groups excluding carboxylic acids is 4. The van der Waals surface area contributed by atoms with Crippen LogP contribution in [-0.4, -0.2) is 65.7 Å². The van der Waals surface area contributed by atoms with Crippen LogP contribution in [0.2, 0.25) is 0 Å². The summed E-state index contributed by atoms with van der Waals surface area (Å²) in [5.41, 5.74) is 5.98. The highest BCUT2D eigenvalue weighted by molar-refractivity contribution is 5.91. The molecule has 1 unspecified atom stereocenters. The van der Waals surface area contributed by atoms with E-state index in [1.807, 2.05) is 36.4 Å². The van der Waals surface area contributed by atoms with Gasteiger partial charge in [0.05, 0.1) is 18.6 Å². The van der Waals surface area contributed by atoms with Crippen molar-refractivity contribution in [3.8, 4) is 0 Å². The molecule has 10 nitrogen and oxygen atoms in total. The lowest BCUT2D eigenvalue weighted by atomic mass is 9.98. The lowest BCUT2D eigenvalue weighted by Gasteiger charge is -2.25. The third-order valence-corrected chi connectivity index (χ3v) is 5.24. The van der Waals surface area contributed by atoms with Crippen LogP contribution in [0.25, 0.3) is 0 Å². The average Bonchev–Trinajstić information content (AvgIpc) is 2.84. The second kappa shape index (κ2) is 14.1. The van der Waals surface area contributed by atoms with Crippen molar-refractivity contribution in [3.63, 3.8) is 0 Å². The van der Waals surface area contributed by atoms with Crippen molar-refractivity contribution in [1.82, 2.24) is 16.0 Å². The lowest BCUT2D eigenvalue weighted by molar-refractivity contribution is -0.130. The highest BCUT2D eigenvalue weighted by atomic mass is 16.6. The predicted octanol–water partition coefficient (Wildman–Crippen LogP) is 0.855. The molecule has 0 aliphatic carbocycles. The van der Waals surface area contributed by atoms with Gasteiger partial charge in [0.2, 0.25) is 11.8 Å². The molecule has 3 atom stereocenters. The van der Waals surface area contributed by atoms with E-state index in [4.69, 9.17) is 10.5 Å². The Hall–Kier alpha value is -3.76. The van der Waals surface area contributed by atoms with Gasteiger partial charge in [0, 0.05) is 6.54 Å². The first-order valence-electron chi connectivity index (χ1n) is 12.0. The van der Waals surface area contributed by atoms with E-state index in [9.17, 15) is 24.3 Å². The van der Waals surface area contributed by atoms with E-state index in [1.54, 1.807) is 45.0 Å². The smallest absolute Gasteiger partial charge is 0.408 e. The molecule has 10 heteroatoms. The fourth-order valence-electron chi connectivity index (χ4n) is 3.51. The summed E-state index contributed by atoms with van der Waals surface area (Å²) in [7, 11) is 0. The van der Waals surface area contributed by atoms with Gasteiger partial charge in [0.25, 0.3) is 0 Å². The normalized spacial score (nSPS) is 13.6. The maximum atomic E-state index is 13.2. The van der Waals surface area contributed by atoms with Crippen molar-refractivity contribution in [3.05, 3.63) is 71.8 Å². The monoisotopic (exact) mass is 512 g/mol. The average molecular weight is 513 g/mol. The molecule has 0 aliphatic rings. The van der Waals surface area contributed by atoms with Crippen LogP contribution < -0.4 is 21.7 Å². The number of rotatable bonds is 13. The zero-order valence-electron chi connectivity index (χ0n) is 21.4.